The van der Waals surface area contributed by atoms with Crippen LogP contribution in [0, 0.1) is 18.3 Å². The summed E-state index contributed by atoms with van der Waals surface area (Å²) in [6, 6.07) is 12.2. The lowest BCUT2D eigenvalue weighted by Crippen LogP contribution is -2.22. The minimum atomic E-state index is -0.568. The molecule has 0 aliphatic carbocycles. The molecule has 0 radical (unpaired) electrons. The van der Waals surface area contributed by atoms with E-state index in [2.05, 4.69) is 4.98 Å². The first-order valence-corrected chi connectivity index (χ1v) is 8.60. The Morgan fingerprint density at radius 3 is 2.64 bits per heavy atom. The van der Waals surface area contributed by atoms with E-state index in [4.69, 9.17) is 21.1 Å². The SMILES string of the molecule is COc1ccc(Cn2cnc(O)c(Oc3cc(Cl)cc(C#N)c3C)c2=O)cc1. The maximum Gasteiger partial charge on any atom is 0.300 e. The van der Waals surface area contributed by atoms with E-state index in [0.29, 0.717) is 16.9 Å². The standard InChI is InChI=1S/C20H16ClN3O4/c1-12-14(9-22)7-15(21)8-17(12)28-18-19(25)23-11-24(20(18)26)10-13-3-5-16(27-2)6-4-13/h3-8,11,25H,10H2,1-2H3. The molecule has 8 heteroatoms. The molecule has 3 aromatic rings. The first kappa shape index (κ1) is 19.3. The second-order valence-electron chi connectivity index (χ2n) is 5.97. The average molecular weight is 398 g/mol. The molecule has 1 heterocycles. The number of nitriles is 1. The molecular weight excluding hydrogens is 382 g/mol. The van der Waals surface area contributed by atoms with E-state index < -0.39 is 11.4 Å². The maximum absolute atomic E-state index is 12.8. The fraction of sp³-hybridized carbons (Fsp3) is 0.150. The summed E-state index contributed by atoms with van der Waals surface area (Å²) in [6.07, 6.45) is 1.24. The average Bonchev–Trinajstić information content (AvgIpc) is 2.70. The van der Waals surface area contributed by atoms with Gasteiger partial charge in [-0.2, -0.15) is 5.26 Å². The molecule has 0 fully saturated rings. The number of hydrogen-bond donors (Lipinski definition) is 1. The lowest BCUT2D eigenvalue weighted by molar-refractivity contribution is 0.382. The van der Waals surface area contributed by atoms with Crippen molar-refractivity contribution in [2.24, 2.45) is 0 Å². The van der Waals surface area contributed by atoms with Gasteiger partial charge >= 0.3 is 5.56 Å². The number of aromatic hydroxyl groups is 1. The molecule has 0 bridgehead atoms. The number of benzene rings is 2. The number of ether oxygens (including phenoxy) is 2. The molecule has 0 saturated carbocycles. The van der Waals surface area contributed by atoms with Crippen LogP contribution in [-0.4, -0.2) is 21.8 Å². The number of aromatic nitrogens is 2. The van der Waals surface area contributed by atoms with Crippen molar-refractivity contribution in [3.8, 4) is 29.2 Å². The lowest BCUT2D eigenvalue weighted by Gasteiger charge is -2.13. The third-order valence-corrected chi connectivity index (χ3v) is 4.37. The fourth-order valence-electron chi connectivity index (χ4n) is 2.58. The molecule has 1 N–H and O–H groups in total. The summed E-state index contributed by atoms with van der Waals surface area (Å²) >= 11 is 6.01. The van der Waals surface area contributed by atoms with Gasteiger partial charge in [-0.1, -0.05) is 23.7 Å². The van der Waals surface area contributed by atoms with Crippen molar-refractivity contribution in [2.75, 3.05) is 7.11 Å². The molecule has 0 unspecified atom stereocenters. The van der Waals surface area contributed by atoms with Crippen LogP contribution in [0.15, 0.2) is 47.5 Å². The van der Waals surface area contributed by atoms with Crippen LogP contribution in [0.2, 0.25) is 5.02 Å². The summed E-state index contributed by atoms with van der Waals surface area (Å²) in [5.41, 5.74) is 1.08. The van der Waals surface area contributed by atoms with Gasteiger partial charge in [0.15, 0.2) is 0 Å². The van der Waals surface area contributed by atoms with Gasteiger partial charge < -0.3 is 14.6 Å². The summed E-state index contributed by atoms with van der Waals surface area (Å²) in [6.45, 7) is 1.89. The second kappa shape index (κ2) is 8.03. The van der Waals surface area contributed by atoms with Crippen molar-refractivity contribution in [2.45, 2.75) is 13.5 Å². The normalized spacial score (nSPS) is 10.4. The molecule has 0 saturated heterocycles. The van der Waals surface area contributed by atoms with E-state index in [0.717, 1.165) is 5.56 Å². The van der Waals surface area contributed by atoms with Crippen LogP contribution in [0.3, 0.4) is 0 Å². The van der Waals surface area contributed by atoms with Gasteiger partial charge in [0, 0.05) is 10.6 Å². The van der Waals surface area contributed by atoms with Crippen LogP contribution in [0.25, 0.3) is 0 Å². The van der Waals surface area contributed by atoms with Crippen LogP contribution in [0.4, 0.5) is 0 Å². The third kappa shape index (κ3) is 3.92. The molecule has 7 nitrogen and oxygen atoms in total. The Labute approximate surface area is 166 Å². The van der Waals surface area contributed by atoms with Crippen LogP contribution < -0.4 is 15.0 Å². The van der Waals surface area contributed by atoms with Gasteiger partial charge in [0.1, 0.15) is 17.8 Å². The van der Waals surface area contributed by atoms with E-state index >= 15 is 0 Å². The van der Waals surface area contributed by atoms with Crippen LogP contribution >= 0.6 is 11.6 Å². The Balaban J connectivity index is 1.97. The van der Waals surface area contributed by atoms with Crippen LogP contribution in [0.1, 0.15) is 16.7 Å². The maximum atomic E-state index is 12.8. The molecule has 28 heavy (non-hydrogen) atoms. The lowest BCUT2D eigenvalue weighted by atomic mass is 10.1. The molecule has 0 spiro atoms. The van der Waals surface area contributed by atoms with Gasteiger partial charge in [-0.05, 0) is 36.8 Å². The Kier molecular flexibility index (Phi) is 5.52. The van der Waals surface area contributed by atoms with E-state index in [1.54, 1.807) is 26.2 Å². The van der Waals surface area contributed by atoms with E-state index in [-0.39, 0.29) is 23.1 Å². The first-order valence-electron chi connectivity index (χ1n) is 8.22. The Morgan fingerprint density at radius 2 is 2.00 bits per heavy atom. The van der Waals surface area contributed by atoms with Crippen molar-refractivity contribution in [1.82, 2.24) is 9.55 Å². The number of methoxy groups -OCH3 is 1. The molecule has 1 aromatic heterocycles. The fourth-order valence-corrected chi connectivity index (χ4v) is 2.79. The quantitative estimate of drug-likeness (QED) is 0.706. The molecule has 142 valence electrons. The Bertz CT molecular complexity index is 1120. The highest BCUT2D eigenvalue weighted by atomic mass is 35.5. The van der Waals surface area contributed by atoms with Crippen molar-refractivity contribution < 1.29 is 14.6 Å². The highest BCUT2D eigenvalue weighted by molar-refractivity contribution is 6.30. The molecule has 0 atom stereocenters. The zero-order chi connectivity index (χ0) is 20.3. The molecule has 3 rings (SSSR count). The number of halogens is 1. The summed E-state index contributed by atoms with van der Waals surface area (Å²) in [4.78, 5) is 16.6. The Morgan fingerprint density at radius 1 is 1.29 bits per heavy atom. The summed E-state index contributed by atoms with van der Waals surface area (Å²) < 4.78 is 12.0. The van der Waals surface area contributed by atoms with Crippen molar-refractivity contribution >= 4 is 11.6 Å². The van der Waals surface area contributed by atoms with Crippen molar-refractivity contribution in [3.63, 3.8) is 0 Å². The van der Waals surface area contributed by atoms with E-state index in [9.17, 15) is 15.2 Å². The highest BCUT2D eigenvalue weighted by Crippen LogP contribution is 2.32. The second-order valence-corrected chi connectivity index (χ2v) is 6.41. The Hall–Kier alpha value is -3.50. The van der Waals surface area contributed by atoms with Crippen LogP contribution in [-0.2, 0) is 6.54 Å². The van der Waals surface area contributed by atoms with Crippen molar-refractivity contribution in [3.05, 3.63) is 74.8 Å². The summed E-state index contributed by atoms with van der Waals surface area (Å²) in [5.74, 6) is 0.00765. The van der Waals surface area contributed by atoms with Gasteiger partial charge in [0.2, 0.25) is 0 Å². The van der Waals surface area contributed by atoms with Gasteiger partial charge in [-0.3, -0.25) is 9.36 Å². The zero-order valence-corrected chi connectivity index (χ0v) is 15.9. The van der Waals surface area contributed by atoms with Gasteiger partial charge in [-0.25, -0.2) is 4.98 Å². The monoisotopic (exact) mass is 397 g/mol. The molecular formula is C20H16ClN3O4. The van der Waals surface area contributed by atoms with E-state index in [1.165, 1.54) is 23.0 Å². The highest BCUT2D eigenvalue weighted by Gasteiger charge is 2.17. The van der Waals surface area contributed by atoms with Gasteiger partial charge in [-0.15, -0.1) is 0 Å². The van der Waals surface area contributed by atoms with Gasteiger partial charge in [0.05, 0.1) is 25.3 Å². The predicted octanol–water partition coefficient (Wildman–Crippen LogP) is 3.63. The minimum absolute atomic E-state index is 0.195. The van der Waals surface area contributed by atoms with Crippen molar-refractivity contribution in [1.29, 1.82) is 5.26 Å². The van der Waals surface area contributed by atoms with Crippen LogP contribution in [0.5, 0.6) is 23.1 Å². The van der Waals surface area contributed by atoms with E-state index in [1.807, 2.05) is 18.2 Å². The predicted molar refractivity (Wildman–Crippen MR) is 103 cm³/mol. The van der Waals surface area contributed by atoms with Gasteiger partial charge in [0.25, 0.3) is 11.6 Å². The summed E-state index contributed by atoms with van der Waals surface area (Å²) in [7, 11) is 1.57. The molecule has 0 amide bonds. The number of nitrogens with zero attached hydrogens (tertiary/aromatic N) is 3. The third-order valence-electron chi connectivity index (χ3n) is 4.15. The zero-order valence-electron chi connectivity index (χ0n) is 15.1. The molecule has 0 aliphatic heterocycles. The minimum Gasteiger partial charge on any atom is -0.497 e. The molecule has 2 aromatic carbocycles. The number of hydrogen-bond acceptors (Lipinski definition) is 6. The smallest absolute Gasteiger partial charge is 0.300 e. The summed E-state index contributed by atoms with van der Waals surface area (Å²) in [5, 5.41) is 19.5. The molecule has 0 aliphatic rings. The first-order chi connectivity index (χ1) is 13.4. The number of rotatable bonds is 5. The topological polar surface area (TPSA) is 97.4 Å². The largest absolute Gasteiger partial charge is 0.497 e.